The summed E-state index contributed by atoms with van der Waals surface area (Å²) in [5.41, 5.74) is 7.02. The number of carbonyl (C=O) groups excluding carboxylic acids is 1. The van der Waals surface area contributed by atoms with E-state index in [2.05, 4.69) is 5.32 Å². The lowest BCUT2D eigenvalue weighted by molar-refractivity contribution is -0.121. The molecule has 0 spiro atoms. The zero-order valence-corrected chi connectivity index (χ0v) is 10.5. The highest BCUT2D eigenvalue weighted by atomic mass is 16.1. The first-order valence-corrected chi connectivity index (χ1v) is 5.81. The van der Waals surface area contributed by atoms with Gasteiger partial charge in [0.1, 0.15) is 0 Å². The monoisotopic (exact) mass is 235 g/mol. The highest BCUT2D eigenvalue weighted by molar-refractivity contribution is 5.76. The summed E-state index contributed by atoms with van der Waals surface area (Å²) in [5.74, 6) is 0.0464. The molecule has 1 unspecified atom stereocenters. The number of amides is 1. The standard InChI is InChI=1S/C13H21N3O/c1-16(2)9-8-13(17)15-10-12(14)11-6-4-3-5-7-11/h3-7,12H,8-10,14H2,1-2H3,(H,15,17). The van der Waals surface area contributed by atoms with E-state index in [1.54, 1.807) is 0 Å². The molecule has 0 heterocycles. The molecule has 17 heavy (non-hydrogen) atoms. The first kappa shape index (κ1) is 13.7. The van der Waals surface area contributed by atoms with E-state index in [-0.39, 0.29) is 11.9 Å². The van der Waals surface area contributed by atoms with E-state index in [1.807, 2.05) is 49.3 Å². The van der Waals surface area contributed by atoms with Crippen LogP contribution in [-0.4, -0.2) is 38.0 Å². The van der Waals surface area contributed by atoms with Crippen molar-refractivity contribution in [2.24, 2.45) is 5.73 Å². The van der Waals surface area contributed by atoms with Crippen molar-refractivity contribution in [1.82, 2.24) is 10.2 Å². The highest BCUT2D eigenvalue weighted by Gasteiger charge is 2.07. The van der Waals surface area contributed by atoms with Gasteiger partial charge in [0.15, 0.2) is 0 Å². The predicted octanol–water partition coefficient (Wildman–Crippen LogP) is 0.754. The van der Waals surface area contributed by atoms with Crippen LogP contribution in [0, 0.1) is 0 Å². The molecule has 1 atom stereocenters. The van der Waals surface area contributed by atoms with E-state index in [9.17, 15) is 4.79 Å². The number of nitrogens with two attached hydrogens (primary N) is 1. The Bertz CT molecular complexity index is 338. The molecule has 0 bridgehead atoms. The minimum Gasteiger partial charge on any atom is -0.354 e. The minimum absolute atomic E-state index is 0.0464. The van der Waals surface area contributed by atoms with Crippen LogP contribution < -0.4 is 11.1 Å². The Hall–Kier alpha value is -1.39. The van der Waals surface area contributed by atoms with Gasteiger partial charge in [0.2, 0.25) is 5.91 Å². The molecule has 1 amide bonds. The number of nitrogens with one attached hydrogen (secondary N) is 1. The summed E-state index contributed by atoms with van der Waals surface area (Å²) < 4.78 is 0. The fourth-order valence-corrected chi connectivity index (χ4v) is 1.46. The SMILES string of the molecule is CN(C)CCC(=O)NCC(N)c1ccccc1. The third kappa shape index (κ3) is 5.47. The second kappa shape index (κ2) is 7.04. The molecular formula is C13H21N3O. The normalized spacial score (nSPS) is 12.5. The molecular weight excluding hydrogens is 214 g/mol. The molecule has 4 heteroatoms. The molecule has 0 radical (unpaired) electrons. The molecule has 0 saturated carbocycles. The maximum Gasteiger partial charge on any atom is 0.221 e. The average molecular weight is 235 g/mol. The molecule has 1 rings (SSSR count). The number of benzene rings is 1. The number of rotatable bonds is 6. The Labute approximate surface area is 103 Å². The first-order chi connectivity index (χ1) is 8.09. The number of carbonyl (C=O) groups is 1. The van der Waals surface area contributed by atoms with Crippen LogP contribution in [-0.2, 0) is 4.79 Å². The van der Waals surface area contributed by atoms with Crippen molar-refractivity contribution in [3.63, 3.8) is 0 Å². The number of hydrogen-bond acceptors (Lipinski definition) is 3. The predicted molar refractivity (Wildman–Crippen MR) is 69.6 cm³/mol. The Balaban J connectivity index is 2.29. The third-order valence-electron chi connectivity index (χ3n) is 2.53. The lowest BCUT2D eigenvalue weighted by Gasteiger charge is -2.14. The van der Waals surface area contributed by atoms with Gasteiger partial charge in [-0.05, 0) is 19.7 Å². The molecule has 94 valence electrons. The molecule has 0 saturated heterocycles. The summed E-state index contributed by atoms with van der Waals surface area (Å²) in [5, 5.41) is 2.85. The lowest BCUT2D eigenvalue weighted by Crippen LogP contribution is -2.33. The van der Waals surface area contributed by atoms with Crippen LogP contribution in [0.25, 0.3) is 0 Å². The Morgan fingerprint density at radius 3 is 2.59 bits per heavy atom. The Kier molecular flexibility index (Phi) is 5.66. The van der Waals surface area contributed by atoms with Crippen molar-refractivity contribution in [2.75, 3.05) is 27.2 Å². The largest absolute Gasteiger partial charge is 0.354 e. The molecule has 0 aliphatic rings. The van der Waals surface area contributed by atoms with E-state index in [0.717, 1.165) is 12.1 Å². The van der Waals surface area contributed by atoms with E-state index in [1.165, 1.54) is 0 Å². The van der Waals surface area contributed by atoms with E-state index >= 15 is 0 Å². The highest BCUT2D eigenvalue weighted by Crippen LogP contribution is 2.07. The maximum absolute atomic E-state index is 11.5. The molecule has 0 aliphatic carbocycles. The number of nitrogens with zero attached hydrogens (tertiary/aromatic N) is 1. The van der Waals surface area contributed by atoms with Gasteiger partial charge >= 0.3 is 0 Å². The quantitative estimate of drug-likeness (QED) is 0.765. The molecule has 0 fully saturated rings. The van der Waals surface area contributed by atoms with Crippen molar-refractivity contribution in [2.45, 2.75) is 12.5 Å². The van der Waals surface area contributed by atoms with Gasteiger partial charge in [-0.3, -0.25) is 4.79 Å². The van der Waals surface area contributed by atoms with E-state index in [4.69, 9.17) is 5.73 Å². The van der Waals surface area contributed by atoms with Gasteiger partial charge in [-0.15, -0.1) is 0 Å². The van der Waals surface area contributed by atoms with Crippen molar-refractivity contribution < 1.29 is 4.79 Å². The summed E-state index contributed by atoms with van der Waals surface area (Å²) in [6.07, 6.45) is 0.508. The van der Waals surface area contributed by atoms with Crippen molar-refractivity contribution in [3.05, 3.63) is 35.9 Å². The van der Waals surface area contributed by atoms with Gasteiger partial charge in [-0.2, -0.15) is 0 Å². The van der Waals surface area contributed by atoms with E-state index in [0.29, 0.717) is 13.0 Å². The van der Waals surface area contributed by atoms with Gasteiger partial charge in [0.05, 0.1) is 0 Å². The average Bonchev–Trinajstić information content (AvgIpc) is 2.34. The van der Waals surface area contributed by atoms with Gasteiger partial charge in [-0.25, -0.2) is 0 Å². The van der Waals surface area contributed by atoms with Crippen molar-refractivity contribution in [3.8, 4) is 0 Å². The molecule has 1 aromatic rings. The first-order valence-electron chi connectivity index (χ1n) is 5.81. The minimum atomic E-state index is -0.139. The zero-order valence-electron chi connectivity index (χ0n) is 10.5. The summed E-state index contributed by atoms with van der Waals surface area (Å²) in [4.78, 5) is 13.5. The van der Waals surface area contributed by atoms with Gasteiger partial charge < -0.3 is 16.0 Å². The fourth-order valence-electron chi connectivity index (χ4n) is 1.46. The Morgan fingerprint density at radius 1 is 1.35 bits per heavy atom. The Morgan fingerprint density at radius 2 is 2.00 bits per heavy atom. The van der Waals surface area contributed by atoms with Crippen LogP contribution in [0.15, 0.2) is 30.3 Å². The fraction of sp³-hybridized carbons (Fsp3) is 0.462. The zero-order chi connectivity index (χ0) is 12.7. The molecule has 3 N–H and O–H groups in total. The van der Waals surface area contributed by atoms with Crippen LogP contribution >= 0.6 is 0 Å². The summed E-state index contributed by atoms with van der Waals surface area (Å²) in [6, 6.07) is 9.64. The number of hydrogen-bond donors (Lipinski definition) is 2. The third-order valence-corrected chi connectivity index (χ3v) is 2.53. The van der Waals surface area contributed by atoms with Gasteiger partial charge in [0.25, 0.3) is 0 Å². The second-order valence-electron chi connectivity index (χ2n) is 4.37. The van der Waals surface area contributed by atoms with Crippen LogP contribution in [0.5, 0.6) is 0 Å². The molecule has 0 aromatic heterocycles. The van der Waals surface area contributed by atoms with Crippen molar-refractivity contribution >= 4 is 5.91 Å². The second-order valence-corrected chi connectivity index (χ2v) is 4.37. The van der Waals surface area contributed by atoms with Crippen LogP contribution in [0.1, 0.15) is 18.0 Å². The molecule has 0 aliphatic heterocycles. The topological polar surface area (TPSA) is 58.4 Å². The van der Waals surface area contributed by atoms with Crippen LogP contribution in [0.2, 0.25) is 0 Å². The van der Waals surface area contributed by atoms with E-state index < -0.39 is 0 Å². The van der Waals surface area contributed by atoms with Gasteiger partial charge in [-0.1, -0.05) is 30.3 Å². The smallest absolute Gasteiger partial charge is 0.221 e. The van der Waals surface area contributed by atoms with Crippen LogP contribution in [0.4, 0.5) is 0 Å². The molecule has 4 nitrogen and oxygen atoms in total. The summed E-state index contributed by atoms with van der Waals surface area (Å²) in [6.45, 7) is 1.24. The van der Waals surface area contributed by atoms with Gasteiger partial charge in [0, 0.05) is 25.6 Å². The molecule has 1 aromatic carbocycles. The summed E-state index contributed by atoms with van der Waals surface area (Å²) in [7, 11) is 3.89. The maximum atomic E-state index is 11.5. The van der Waals surface area contributed by atoms with Crippen molar-refractivity contribution in [1.29, 1.82) is 0 Å². The summed E-state index contributed by atoms with van der Waals surface area (Å²) >= 11 is 0. The lowest BCUT2D eigenvalue weighted by atomic mass is 10.1. The van der Waals surface area contributed by atoms with Crippen LogP contribution in [0.3, 0.4) is 0 Å².